The molecule has 4 rings (SSSR count). The molecule has 4 aliphatic rings. The van der Waals surface area contributed by atoms with E-state index in [9.17, 15) is 4.79 Å². The van der Waals surface area contributed by atoms with Crippen LogP contribution in [0.15, 0.2) is 0 Å². The summed E-state index contributed by atoms with van der Waals surface area (Å²) in [7, 11) is 0. The highest BCUT2D eigenvalue weighted by Crippen LogP contribution is 2.57. The van der Waals surface area contributed by atoms with Crippen LogP contribution in [0.4, 0.5) is 0 Å². The summed E-state index contributed by atoms with van der Waals surface area (Å²) in [5.74, 6) is 0.767. The summed E-state index contributed by atoms with van der Waals surface area (Å²) in [6.45, 7) is 4.84. The fourth-order valence-corrected chi connectivity index (χ4v) is 5.48. The lowest BCUT2D eigenvalue weighted by molar-refractivity contribution is -0.174. The fourth-order valence-electron chi connectivity index (χ4n) is 5.48. The molecule has 4 nitrogen and oxygen atoms in total. The molecule has 1 amide bonds. The highest BCUT2D eigenvalue weighted by molar-refractivity contribution is 5.79. The van der Waals surface area contributed by atoms with Crippen molar-refractivity contribution in [2.75, 3.05) is 19.7 Å². The minimum Gasteiger partial charge on any atom is -0.378 e. The monoisotopic (exact) mass is 320 g/mol. The zero-order valence-corrected chi connectivity index (χ0v) is 14.6. The first-order chi connectivity index (χ1) is 11.2. The molecule has 3 aliphatic carbocycles. The Hall–Kier alpha value is -0.610. The lowest BCUT2D eigenvalue weighted by Crippen LogP contribution is -2.68. The molecule has 130 valence electrons. The van der Waals surface area contributed by atoms with Crippen molar-refractivity contribution >= 4 is 5.91 Å². The van der Waals surface area contributed by atoms with E-state index in [0.717, 1.165) is 39.0 Å². The maximum atomic E-state index is 12.6. The number of likely N-dealkylation sites (tertiary alicyclic amines) is 1. The third-order valence-electron chi connectivity index (χ3n) is 7.08. The van der Waals surface area contributed by atoms with Crippen molar-refractivity contribution in [1.29, 1.82) is 0 Å². The zero-order chi connectivity index (χ0) is 15.9. The Morgan fingerprint density at radius 3 is 2.65 bits per heavy atom. The normalized spacial score (nSPS) is 36.2. The predicted octanol–water partition coefficient (Wildman–Crippen LogP) is 2.71. The van der Waals surface area contributed by atoms with Gasteiger partial charge in [-0.05, 0) is 45.4 Å². The van der Waals surface area contributed by atoms with Gasteiger partial charge in [0, 0.05) is 43.1 Å². The maximum absolute atomic E-state index is 12.6. The van der Waals surface area contributed by atoms with Gasteiger partial charge in [-0.15, -0.1) is 0 Å². The standard InChI is InChI=1S/C19H32N2O2/c1-2-23-17-12-16(19(17)9-5-10-19)20-15-8-11-21(13-15)18(22)14-6-3-4-7-14/h14-17,20H,2-13H2,1H3/t15-,16+,17+/m0/s1. The van der Waals surface area contributed by atoms with E-state index in [2.05, 4.69) is 17.1 Å². The first-order valence-corrected chi connectivity index (χ1v) is 9.89. The van der Waals surface area contributed by atoms with Crippen LogP contribution < -0.4 is 5.32 Å². The Bertz CT molecular complexity index is 443. The molecule has 0 unspecified atom stereocenters. The van der Waals surface area contributed by atoms with Gasteiger partial charge in [0.05, 0.1) is 6.10 Å². The van der Waals surface area contributed by atoms with Crippen LogP contribution in [0.3, 0.4) is 0 Å². The van der Waals surface area contributed by atoms with Crippen LogP contribution in [0, 0.1) is 11.3 Å². The van der Waals surface area contributed by atoms with Gasteiger partial charge in [-0.25, -0.2) is 0 Å². The highest BCUT2D eigenvalue weighted by Gasteiger charge is 2.59. The van der Waals surface area contributed by atoms with Crippen molar-refractivity contribution in [3.63, 3.8) is 0 Å². The van der Waals surface area contributed by atoms with Crippen LogP contribution in [-0.4, -0.2) is 48.7 Å². The molecule has 0 aromatic carbocycles. The van der Waals surface area contributed by atoms with E-state index in [1.807, 2.05) is 0 Å². The molecule has 0 bridgehead atoms. The highest BCUT2D eigenvalue weighted by atomic mass is 16.5. The van der Waals surface area contributed by atoms with Crippen molar-refractivity contribution in [3.05, 3.63) is 0 Å². The average Bonchev–Trinajstić information content (AvgIpc) is 3.15. The Morgan fingerprint density at radius 2 is 2.00 bits per heavy atom. The molecule has 4 heteroatoms. The molecular weight excluding hydrogens is 288 g/mol. The van der Waals surface area contributed by atoms with Gasteiger partial charge in [0.25, 0.3) is 0 Å². The van der Waals surface area contributed by atoms with Gasteiger partial charge in [-0.3, -0.25) is 4.79 Å². The largest absolute Gasteiger partial charge is 0.378 e. The summed E-state index contributed by atoms with van der Waals surface area (Å²) >= 11 is 0. The number of hydrogen-bond donors (Lipinski definition) is 1. The van der Waals surface area contributed by atoms with Gasteiger partial charge in [0.2, 0.25) is 5.91 Å². The second-order valence-corrected chi connectivity index (χ2v) is 8.24. The minimum absolute atomic E-state index is 0.331. The van der Waals surface area contributed by atoms with Gasteiger partial charge < -0.3 is 15.0 Å². The quantitative estimate of drug-likeness (QED) is 0.847. The maximum Gasteiger partial charge on any atom is 0.225 e. The van der Waals surface area contributed by atoms with E-state index in [0.29, 0.717) is 35.4 Å². The summed E-state index contributed by atoms with van der Waals surface area (Å²) in [6.07, 6.45) is 11.5. The smallest absolute Gasteiger partial charge is 0.225 e. The van der Waals surface area contributed by atoms with E-state index >= 15 is 0 Å². The van der Waals surface area contributed by atoms with Crippen LogP contribution in [0.1, 0.15) is 64.7 Å². The zero-order valence-electron chi connectivity index (χ0n) is 14.6. The first kappa shape index (κ1) is 15.9. The average molecular weight is 320 g/mol. The summed E-state index contributed by atoms with van der Waals surface area (Å²) in [5, 5.41) is 3.90. The first-order valence-electron chi connectivity index (χ1n) is 9.89. The topological polar surface area (TPSA) is 41.6 Å². The summed E-state index contributed by atoms with van der Waals surface area (Å²) in [5.41, 5.74) is 0.429. The predicted molar refractivity (Wildman–Crippen MR) is 90.2 cm³/mol. The number of nitrogens with one attached hydrogen (secondary N) is 1. The summed E-state index contributed by atoms with van der Waals surface area (Å²) < 4.78 is 5.95. The molecule has 4 fully saturated rings. The van der Waals surface area contributed by atoms with Crippen LogP contribution in [0.25, 0.3) is 0 Å². The van der Waals surface area contributed by atoms with E-state index in [4.69, 9.17) is 4.74 Å². The Kier molecular flexibility index (Phi) is 4.39. The van der Waals surface area contributed by atoms with Gasteiger partial charge in [-0.1, -0.05) is 19.3 Å². The fraction of sp³-hybridized carbons (Fsp3) is 0.947. The number of amides is 1. The molecule has 1 spiro atoms. The van der Waals surface area contributed by atoms with Crippen LogP contribution in [0.5, 0.6) is 0 Å². The van der Waals surface area contributed by atoms with Crippen molar-refractivity contribution < 1.29 is 9.53 Å². The third-order valence-corrected chi connectivity index (χ3v) is 7.08. The summed E-state index contributed by atoms with van der Waals surface area (Å²) in [4.78, 5) is 14.7. The Balaban J connectivity index is 1.28. The molecule has 1 saturated heterocycles. The molecule has 0 aromatic heterocycles. The molecule has 23 heavy (non-hydrogen) atoms. The second-order valence-electron chi connectivity index (χ2n) is 8.24. The SMILES string of the molecule is CCO[C@@H]1C[C@@H](N[C@H]2CCN(C(=O)C3CCCC3)C2)C12CCC2. The Labute approximate surface area is 140 Å². The van der Waals surface area contributed by atoms with Crippen LogP contribution in [-0.2, 0) is 9.53 Å². The number of carbonyl (C=O) groups excluding carboxylic acids is 1. The van der Waals surface area contributed by atoms with Gasteiger partial charge in [0.15, 0.2) is 0 Å². The molecule has 0 radical (unpaired) electrons. The molecular formula is C19H32N2O2. The van der Waals surface area contributed by atoms with Gasteiger partial charge >= 0.3 is 0 Å². The number of ether oxygens (including phenoxy) is 1. The van der Waals surface area contributed by atoms with E-state index in [1.165, 1.54) is 38.5 Å². The second kappa shape index (κ2) is 6.36. The molecule has 3 atom stereocenters. The van der Waals surface area contributed by atoms with Crippen molar-refractivity contribution in [2.45, 2.75) is 82.9 Å². The summed E-state index contributed by atoms with van der Waals surface area (Å²) in [6, 6.07) is 1.13. The minimum atomic E-state index is 0.331. The lowest BCUT2D eigenvalue weighted by atomic mass is 9.51. The van der Waals surface area contributed by atoms with Crippen molar-refractivity contribution in [1.82, 2.24) is 10.2 Å². The molecule has 0 aromatic rings. The molecule has 1 heterocycles. The van der Waals surface area contributed by atoms with Gasteiger partial charge in [0.1, 0.15) is 0 Å². The van der Waals surface area contributed by atoms with Crippen LogP contribution >= 0.6 is 0 Å². The number of nitrogens with zero attached hydrogens (tertiary/aromatic N) is 1. The molecule has 1 N–H and O–H groups in total. The lowest BCUT2D eigenvalue weighted by Gasteiger charge is -2.61. The van der Waals surface area contributed by atoms with E-state index in [1.54, 1.807) is 0 Å². The van der Waals surface area contributed by atoms with Gasteiger partial charge in [-0.2, -0.15) is 0 Å². The van der Waals surface area contributed by atoms with Crippen molar-refractivity contribution in [2.24, 2.45) is 11.3 Å². The number of hydrogen-bond acceptors (Lipinski definition) is 3. The van der Waals surface area contributed by atoms with E-state index < -0.39 is 0 Å². The van der Waals surface area contributed by atoms with Crippen LogP contribution in [0.2, 0.25) is 0 Å². The third kappa shape index (κ3) is 2.72. The number of carbonyl (C=O) groups is 1. The van der Waals surface area contributed by atoms with E-state index in [-0.39, 0.29) is 0 Å². The number of rotatable bonds is 5. The van der Waals surface area contributed by atoms with Crippen molar-refractivity contribution in [3.8, 4) is 0 Å². The molecule has 1 aliphatic heterocycles. The Morgan fingerprint density at radius 1 is 1.22 bits per heavy atom. The molecule has 3 saturated carbocycles.